The third-order valence-corrected chi connectivity index (χ3v) is 11.1. The minimum atomic E-state index is 0.567. The van der Waals surface area contributed by atoms with Crippen LogP contribution in [-0.4, -0.2) is 13.7 Å². The highest BCUT2D eigenvalue weighted by atomic mass is 15.0. The van der Waals surface area contributed by atoms with Gasteiger partial charge in [0.2, 0.25) is 0 Å². The maximum absolute atomic E-state index is 8.50. The smallest absolute Gasteiger partial charge is 0.197 e. The van der Waals surface area contributed by atoms with Gasteiger partial charge in [0.1, 0.15) is 0 Å². The Hall–Kier alpha value is -7.86. The van der Waals surface area contributed by atoms with E-state index >= 15 is 0 Å². The molecule has 0 saturated carbocycles. The van der Waals surface area contributed by atoms with Gasteiger partial charge in [0.15, 0.2) is 11.4 Å². The molecule has 55 heavy (non-hydrogen) atoms. The van der Waals surface area contributed by atoms with Crippen molar-refractivity contribution < 1.29 is 0 Å². The third kappa shape index (κ3) is 4.33. The Kier molecular flexibility index (Phi) is 6.61. The van der Waals surface area contributed by atoms with E-state index in [1.54, 1.807) is 0 Å². The molecular formula is C50H29N5. The van der Waals surface area contributed by atoms with Gasteiger partial charge in [-0.3, -0.25) is 0 Å². The summed E-state index contributed by atoms with van der Waals surface area (Å²) < 4.78 is 6.95. The van der Waals surface area contributed by atoms with Crippen LogP contribution in [0.1, 0.15) is 0 Å². The standard InChI is InChI=1S/C50H29N5/c1-51-39-20-13-27-46-49(39)37-18-6-11-25-44(37)54(46)45-26-12-7-19-38(45)50-40(52-2)21-14-28-47(50)55-43-24-10-5-17-35(43)36-30-29-32(31-48(36)55)53-41-22-8-3-15-33(41)34-16-4-9-23-42(34)53/h3-31H. The van der Waals surface area contributed by atoms with Gasteiger partial charge in [0.25, 0.3) is 0 Å². The van der Waals surface area contributed by atoms with Crippen LogP contribution >= 0.6 is 0 Å². The van der Waals surface area contributed by atoms with Crippen molar-refractivity contribution in [3.63, 3.8) is 0 Å². The normalized spacial score (nSPS) is 11.6. The minimum Gasteiger partial charge on any atom is -0.310 e. The summed E-state index contributed by atoms with van der Waals surface area (Å²) >= 11 is 0. The summed E-state index contributed by atoms with van der Waals surface area (Å²) in [6.45, 7) is 16.5. The highest BCUT2D eigenvalue weighted by molar-refractivity contribution is 6.16. The van der Waals surface area contributed by atoms with Crippen LogP contribution in [0.2, 0.25) is 0 Å². The van der Waals surface area contributed by atoms with Crippen molar-refractivity contribution in [2.24, 2.45) is 0 Å². The number of para-hydroxylation sites is 5. The number of benzene rings is 8. The molecule has 254 valence electrons. The summed E-state index contributed by atoms with van der Waals surface area (Å²) in [5.74, 6) is 0. The maximum Gasteiger partial charge on any atom is 0.197 e. The topological polar surface area (TPSA) is 23.5 Å². The molecule has 0 saturated heterocycles. The Morgan fingerprint density at radius 2 is 0.818 bits per heavy atom. The molecule has 0 amide bonds. The molecule has 0 aliphatic rings. The number of fused-ring (bicyclic) bond motifs is 9. The van der Waals surface area contributed by atoms with Gasteiger partial charge in [0, 0.05) is 49.4 Å². The SMILES string of the molecule is [C-]#[N+]c1cccc(-n2c3ccccc3c3ccc(-n4c5ccccc5c5ccccc54)cc32)c1-c1ccccc1-n1c2ccccc2c2c([N+]#[C-])cccc21. The predicted octanol–water partition coefficient (Wildman–Crippen LogP) is 13.7. The Balaban J connectivity index is 1.23. The zero-order valence-corrected chi connectivity index (χ0v) is 29.5. The minimum absolute atomic E-state index is 0.567. The molecular weight excluding hydrogens is 671 g/mol. The van der Waals surface area contributed by atoms with Crippen LogP contribution in [0.5, 0.6) is 0 Å². The molecule has 0 atom stereocenters. The molecule has 0 unspecified atom stereocenters. The monoisotopic (exact) mass is 699 g/mol. The van der Waals surface area contributed by atoms with Crippen molar-refractivity contribution in [2.45, 2.75) is 0 Å². The van der Waals surface area contributed by atoms with Gasteiger partial charge in [-0.1, -0.05) is 121 Å². The van der Waals surface area contributed by atoms with Gasteiger partial charge >= 0.3 is 0 Å². The second-order valence-electron chi connectivity index (χ2n) is 13.9. The molecule has 3 aromatic heterocycles. The summed E-state index contributed by atoms with van der Waals surface area (Å²) in [5, 5.41) is 6.68. The van der Waals surface area contributed by atoms with Gasteiger partial charge in [0.05, 0.1) is 46.4 Å². The molecule has 0 aliphatic carbocycles. The number of rotatable bonds is 4. The molecule has 0 N–H and O–H groups in total. The average Bonchev–Trinajstić information content (AvgIpc) is 3.89. The lowest BCUT2D eigenvalue weighted by atomic mass is 9.98. The van der Waals surface area contributed by atoms with Crippen LogP contribution in [0, 0.1) is 13.1 Å². The molecule has 0 radical (unpaired) electrons. The van der Waals surface area contributed by atoms with Crippen LogP contribution in [-0.2, 0) is 0 Å². The Morgan fingerprint density at radius 3 is 1.49 bits per heavy atom. The lowest BCUT2D eigenvalue weighted by Gasteiger charge is -2.20. The second kappa shape index (κ2) is 11.8. The fourth-order valence-electron chi connectivity index (χ4n) is 8.88. The second-order valence-corrected chi connectivity index (χ2v) is 13.9. The van der Waals surface area contributed by atoms with E-state index in [9.17, 15) is 0 Å². The molecule has 0 spiro atoms. The quantitative estimate of drug-likeness (QED) is 0.163. The number of aromatic nitrogens is 3. The van der Waals surface area contributed by atoms with Gasteiger partial charge in [-0.25, -0.2) is 9.69 Å². The number of hydrogen-bond acceptors (Lipinski definition) is 0. The third-order valence-electron chi connectivity index (χ3n) is 11.1. The maximum atomic E-state index is 8.50. The molecule has 11 aromatic rings. The molecule has 0 fully saturated rings. The molecule has 0 bridgehead atoms. The van der Waals surface area contributed by atoms with E-state index in [-0.39, 0.29) is 0 Å². The van der Waals surface area contributed by atoms with Crippen LogP contribution in [0.15, 0.2) is 176 Å². The van der Waals surface area contributed by atoms with Crippen molar-refractivity contribution in [1.82, 2.24) is 13.7 Å². The first-order valence-corrected chi connectivity index (χ1v) is 18.3. The van der Waals surface area contributed by atoms with Gasteiger partial charge in [-0.15, -0.1) is 0 Å². The summed E-state index contributed by atoms with van der Waals surface area (Å²) in [4.78, 5) is 8.08. The van der Waals surface area contributed by atoms with Crippen LogP contribution in [0.4, 0.5) is 11.4 Å². The molecule has 8 aromatic carbocycles. The zero-order valence-electron chi connectivity index (χ0n) is 29.5. The van der Waals surface area contributed by atoms with Crippen molar-refractivity contribution in [3.8, 4) is 28.2 Å². The van der Waals surface area contributed by atoms with Gasteiger partial charge < -0.3 is 13.7 Å². The van der Waals surface area contributed by atoms with E-state index in [1.165, 1.54) is 10.8 Å². The zero-order chi connectivity index (χ0) is 36.6. The van der Waals surface area contributed by atoms with E-state index < -0.39 is 0 Å². The summed E-state index contributed by atoms with van der Waals surface area (Å²) in [5.41, 5.74) is 12.3. The van der Waals surface area contributed by atoms with Crippen LogP contribution in [0.25, 0.3) is 103 Å². The molecule has 3 heterocycles. The summed E-state index contributed by atoms with van der Waals surface area (Å²) in [7, 11) is 0. The molecule has 0 aliphatic heterocycles. The Bertz CT molecular complexity index is 3420. The Labute approximate surface area is 316 Å². The lowest BCUT2D eigenvalue weighted by molar-refractivity contribution is 1.15. The highest BCUT2D eigenvalue weighted by Crippen LogP contribution is 2.46. The van der Waals surface area contributed by atoms with Crippen molar-refractivity contribution in [3.05, 3.63) is 199 Å². The highest BCUT2D eigenvalue weighted by Gasteiger charge is 2.23. The largest absolute Gasteiger partial charge is 0.310 e. The van der Waals surface area contributed by atoms with E-state index in [4.69, 9.17) is 13.1 Å². The van der Waals surface area contributed by atoms with Crippen LogP contribution < -0.4 is 0 Å². The molecule has 5 nitrogen and oxygen atoms in total. The number of nitrogens with zero attached hydrogens (tertiary/aromatic N) is 5. The van der Waals surface area contributed by atoms with Gasteiger partial charge in [-0.05, 0) is 65.5 Å². The first-order chi connectivity index (χ1) is 27.2. The van der Waals surface area contributed by atoms with E-state index in [1.807, 2.05) is 42.5 Å². The first-order valence-electron chi connectivity index (χ1n) is 18.3. The van der Waals surface area contributed by atoms with Crippen molar-refractivity contribution in [2.75, 3.05) is 0 Å². The van der Waals surface area contributed by atoms with Crippen LogP contribution in [0.3, 0.4) is 0 Å². The molecule has 11 rings (SSSR count). The first kappa shape index (κ1) is 30.7. The van der Waals surface area contributed by atoms with Crippen molar-refractivity contribution in [1.29, 1.82) is 0 Å². The Morgan fingerprint density at radius 1 is 0.345 bits per heavy atom. The fourth-order valence-corrected chi connectivity index (χ4v) is 8.88. The van der Waals surface area contributed by atoms with E-state index in [0.29, 0.717) is 11.4 Å². The lowest BCUT2D eigenvalue weighted by Crippen LogP contribution is -2.02. The summed E-state index contributed by atoms with van der Waals surface area (Å²) in [6, 6.07) is 61.1. The average molecular weight is 700 g/mol. The van der Waals surface area contributed by atoms with E-state index in [2.05, 4.69) is 157 Å². The number of hydrogen-bond donors (Lipinski definition) is 0. The van der Waals surface area contributed by atoms with Gasteiger partial charge in [-0.2, -0.15) is 0 Å². The van der Waals surface area contributed by atoms with E-state index in [0.717, 1.165) is 82.8 Å². The molecule has 5 heteroatoms. The van der Waals surface area contributed by atoms with Crippen molar-refractivity contribution >= 4 is 76.8 Å². The summed E-state index contributed by atoms with van der Waals surface area (Å²) in [6.07, 6.45) is 0. The fraction of sp³-hybridized carbons (Fsp3) is 0. The predicted molar refractivity (Wildman–Crippen MR) is 227 cm³/mol.